The van der Waals surface area contributed by atoms with E-state index in [0.717, 1.165) is 24.2 Å². The van der Waals surface area contributed by atoms with Crippen LogP contribution in [-0.2, 0) is 11.2 Å². The predicted molar refractivity (Wildman–Crippen MR) is 82.4 cm³/mol. The number of rotatable bonds is 5. The van der Waals surface area contributed by atoms with Gasteiger partial charge in [0.15, 0.2) is 0 Å². The van der Waals surface area contributed by atoms with Crippen molar-refractivity contribution in [2.45, 2.75) is 57.2 Å². The van der Waals surface area contributed by atoms with E-state index in [-0.39, 0.29) is 5.91 Å². The predicted octanol–water partition coefficient (Wildman–Crippen LogP) is 2.03. The zero-order valence-electron chi connectivity index (χ0n) is 12.6. The summed E-state index contributed by atoms with van der Waals surface area (Å²) in [6.07, 6.45) is 5.12. The van der Waals surface area contributed by atoms with Crippen LogP contribution in [0.3, 0.4) is 0 Å². The molecule has 2 bridgehead atoms. The lowest BCUT2D eigenvalue weighted by atomic mass is 9.99. The van der Waals surface area contributed by atoms with Gasteiger partial charge in [-0.2, -0.15) is 0 Å². The van der Waals surface area contributed by atoms with Gasteiger partial charge in [0.25, 0.3) is 0 Å². The van der Waals surface area contributed by atoms with Crippen molar-refractivity contribution in [2.75, 3.05) is 6.61 Å². The molecule has 2 heterocycles. The van der Waals surface area contributed by atoms with E-state index < -0.39 is 0 Å². The number of hydrogen-bond acceptors (Lipinski definition) is 3. The Kier molecular flexibility index (Phi) is 4.44. The summed E-state index contributed by atoms with van der Waals surface area (Å²) in [5.41, 5.74) is 1.04. The second-order valence-corrected chi connectivity index (χ2v) is 6.13. The number of fused-ring (bicyclic) bond motifs is 2. The van der Waals surface area contributed by atoms with Gasteiger partial charge in [-0.05, 0) is 50.3 Å². The van der Waals surface area contributed by atoms with Gasteiger partial charge in [0.05, 0.1) is 13.0 Å². The Morgan fingerprint density at radius 2 is 1.90 bits per heavy atom. The number of piperidine rings is 1. The molecule has 0 aromatic heterocycles. The average Bonchev–Trinajstić information content (AvgIpc) is 2.80. The number of nitrogens with one attached hydrogen (secondary N) is 2. The molecular weight excluding hydrogens is 264 g/mol. The van der Waals surface area contributed by atoms with Gasteiger partial charge in [-0.1, -0.05) is 12.1 Å². The molecule has 4 heteroatoms. The van der Waals surface area contributed by atoms with Crippen LogP contribution in [0, 0.1) is 0 Å². The van der Waals surface area contributed by atoms with Crippen molar-refractivity contribution >= 4 is 5.91 Å². The van der Waals surface area contributed by atoms with Crippen LogP contribution in [0.2, 0.25) is 0 Å². The van der Waals surface area contributed by atoms with Crippen molar-refractivity contribution in [3.8, 4) is 5.75 Å². The van der Waals surface area contributed by atoms with Crippen LogP contribution in [0.4, 0.5) is 0 Å². The SMILES string of the molecule is CCOc1ccc(CC(=O)NC2CC3CCC(C2)N3)cc1. The lowest BCUT2D eigenvalue weighted by Crippen LogP contribution is -2.48. The van der Waals surface area contributed by atoms with Gasteiger partial charge in [-0.25, -0.2) is 0 Å². The molecule has 21 heavy (non-hydrogen) atoms. The Bertz CT molecular complexity index is 474. The average molecular weight is 288 g/mol. The summed E-state index contributed by atoms with van der Waals surface area (Å²) < 4.78 is 5.41. The van der Waals surface area contributed by atoms with Crippen molar-refractivity contribution in [3.63, 3.8) is 0 Å². The van der Waals surface area contributed by atoms with Crippen molar-refractivity contribution in [1.82, 2.24) is 10.6 Å². The highest BCUT2D eigenvalue weighted by Crippen LogP contribution is 2.26. The standard InChI is InChI=1S/C17H24N2O2/c1-2-21-16-7-3-12(4-8-16)9-17(20)19-15-10-13-5-6-14(11-15)18-13/h3-4,7-8,13-15,18H,2,5-6,9-11H2,1H3,(H,19,20). The van der Waals surface area contributed by atoms with Crippen LogP contribution < -0.4 is 15.4 Å². The van der Waals surface area contributed by atoms with Gasteiger partial charge in [0.2, 0.25) is 5.91 Å². The quantitative estimate of drug-likeness (QED) is 0.871. The molecule has 0 aliphatic carbocycles. The number of ether oxygens (including phenoxy) is 1. The number of benzene rings is 1. The third-order valence-electron chi connectivity index (χ3n) is 4.44. The fourth-order valence-corrected chi connectivity index (χ4v) is 3.51. The van der Waals surface area contributed by atoms with E-state index >= 15 is 0 Å². The molecule has 114 valence electrons. The first-order chi connectivity index (χ1) is 10.2. The maximum atomic E-state index is 12.2. The summed E-state index contributed by atoms with van der Waals surface area (Å²) >= 11 is 0. The van der Waals surface area contributed by atoms with Crippen molar-refractivity contribution in [1.29, 1.82) is 0 Å². The highest BCUT2D eigenvalue weighted by molar-refractivity contribution is 5.78. The minimum Gasteiger partial charge on any atom is -0.494 e. The molecule has 2 fully saturated rings. The maximum absolute atomic E-state index is 12.2. The molecule has 2 unspecified atom stereocenters. The first-order valence-corrected chi connectivity index (χ1v) is 8.00. The minimum absolute atomic E-state index is 0.130. The first-order valence-electron chi connectivity index (χ1n) is 8.00. The molecular formula is C17H24N2O2. The summed E-state index contributed by atoms with van der Waals surface area (Å²) in [5.74, 6) is 0.988. The molecule has 3 rings (SSSR count). The zero-order chi connectivity index (χ0) is 14.7. The molecule has 1 aromatic carbocycles. The van der Waals surface area contributed by atoms with E-state index in [1.54, 1.807) is 0 Å². The van der Waals surface area contributed by atoms with Crippen molar-refractivity contribution in [3.05, 3.63) is 29.8 Å². The molecule has 4 nitrogen and oxygen atoms in total. The second kappa shape index (κ2) is 6.48. The molecule has 0 radical (unpaired) electrons. The van der Waals surface area contributed by atoms with Gasteiger partial charge < -0.3 is 15.4 Å². The van der Waals surface area contributed by atoms with Crippen molar-refractivity contribution < 1.29 is 9.53 Å². The van der Waals surface area contributed by atoms with Gasteiger partial charge in [-0.3, -0.25) is 4.79 Å². The van der Waals surface area contributed by atoms with Gasteiger partial charge in [0.1, 0.15) is 5.75 Å². The fourth-order valence-electron chi connectivity index (χ4n) is 3.51. The van der Waals surface area contributed by atoms with Crippen molar-refractivity contribution in [2.24, 2.45) is 0 Å². The Morgan fingerprint density at radius 1 is 1.24 bits per heavy atom. The number of amides is 1. The summed E-state index contributed by atoms with van der Waals surface area (Å²) in [7, 11) is 0. The summed E-state index contributed by atoms with van der Waals surface area (Å²) in [6.45, 7) is 2.63. The smallest absolute Gasteiger partial charge is 0.224 e. The van der Waals surface area contributed by atoms with E-state index in [1.165, 1.54) is 12.8 Å². The Labute approximate surface area is 126 Å². The fraction of sp³-hybridized carbons (Fsp3) is 0.588. The van der Waals surface area contributed by atoms with E-state index in [0.29, 0.717) is 31.2 Å². The largest absolute Gasteiger partial charge is 0.494 e. The Balaban J connectivity index is 1.49. The van der Waals surface area contributed by atoms with Crippen LogP contribution in [-0.4, -0.2) is 30.6 Å². The highest BCUT2D eigenvalue weighted by Gasteiger charge is 2.33. The Morgan fingerprint density at radius 3 is 2.52 bits per heavy atom. The third-order valence-corrected chi connectivity index (χ3v) is 4.44. The molecule has 2 aliphatic rings. The minimum atomic E-state index is 0.130. The van der Waals surface area contributed by atoms with E-state index in [1.807, 2.05) is 31.2 Å². The zero-order valence-corrected chi connectivity index (χ0v) is 12.6. The lowest BCUT2D eigenvalue weighted by Gasteiger charge is -2.29. The van der Waals surface area contributed by atoms with Gasteiger partial charge in [-0.15, -0.1) is 0 Å². The summed E-state index contributed by atoms with van der Waals surface area (Å²) in [4.78, 5) is 12.2. The molecule has 2 aliphatic heterocycles. The van der Waals surface area contributed by atoms with Crippen LogP contribution in [0.5, 0.6) is 5.75 Å². The molecule has 0 saturated carbocycles. The summed E-state index contributed by atoms with van der Waals surface area (Å²) in [6, 6.07) is 9.36. The van der Waals surface area contributed by atoms with E-state index in [9.17, 15) is 4.79 Å². The second-order valence-electron chi connectivity index (χ2n) is 6.13. The van der Waals surface area contributed by atoms with Crippen LogP contribution in [0.25, 0.3) is 0 Å². The number of carbonyl (C=O) groups excluding carboxylic acids is 1. The first kappa shape index (κ1) is 14.4. The van der Waals surface area contributed by atoms with Gasteiger partial charge >= 0.3 is 0 Å². The summed E-state index contributed by atoms with van der Waals surface area (Å²) in [5, 5.41) is 6.79. The molecule has 2 atom stereocenters. The molecule has 0 spiro atoms. The number of carbonyl (C=O) groups is 1. The van der Waals surface area contributed by atoms with E-state index in [2.05, 4.69) is 10.6 Å². The van der Waals surface area contributed by atoms with Crippen LogP contribution >= 0.6 is 0 Å². The third kappa shape index (κ3) is 3.76. The van der Waals surface area contributed by atoms with Crippen LogP contribution in [0.15, 0.2) is 24.3 Å². The monoisotopic (exact) mass is 288 g/mol. The maximum Gasteiger partial charge on any atom is 0.224 e. The molecule has 1 amide bonds. The lowest BCUT2D eigenvalue weighted by molar-refractivity contribution is -0.121. The van der Waals surface area contributed by atoms with Gasteiger partial charge in [0, 0.05) is 18.1 Å². The Hall–Kier alpha value is -1.55. The van der Waals surface area contributed by atoms with E-state index in [4.69, 9.17) is 4.74 Å². The normalized spacial score (nSPS) is 27.4. The van der Waals surface area contributed by atoms with Crippen LogP contribution in [0.1, 0.15) is 38.2 Å². The molecule has 1 aromatic rings. The highest BCUT2D eigenvalue weighted by atomic mass is 16.5. The number of hydrogen-bond donors (Lipinski definition) is 2. The molecule has 2 N–H and O–H groups in total. The topological polar surface area (TPSA) is 50.4 Å². The molecule has 2 saturated heterocycles.